The summed E-state index contributed by atoms with van der Waals surface area (Å²) in [6.45, 7) is 8.72. The van der Waals surface area contributed by atoms with Crippen LogP contribution < -0.4 is 4.72 Å². The normalized spacial score (nSPS) is 13.0. The van der Waals surface area contributed by atoms with E-state index in [1.807, 2.05) is 13.0 Å². The molecule has 0 aliphatic carbocycles. The standard InChI is InChI=1S/C12H22N2S/c1-5-12(7-6-10-14-15-4)9-8-11(2)13-3/h8-9,14H,3,5-7,10H2,1-2,4H3/b11-8-,12-9+. The minimum absolute atomic E-state index is 0.975. The van der Waals surface area contributed by atoms with Crippen molar-refractivity contribution < 1.29 is 0 Å². The molecule has 0 radical (unpaired) electrons. The van der Waals surface area contributed by atoms with Crippen LogP contribution in [0, 0.1) is 0 Å². The maximum Gasteiger partial charge on any atom is 0.0365 e. The largest absolute Gasteiger partial charge is 0.269 e. The molecule has 0 saturated heterocycles. The Bertz CT molecular complexity index is 232. The minimum Gasteiger partial charge on any atom is -0.269 e. The number of nitrogens with zero attached hydrogens (tertiary/aromatic N) is 1. The van der Waals surface area contributed by atoms with Gasteiger partial charge in [0.1, 0.15) is 0 Å². The predicted molar refractivity (Wildman–Crippen MR) is 72.4 cm³/mol. The molecule has 0 atom stereocenters. The van der Waals surface area contributed by atoms with Crippen molar-refractivity contribution in [1.29, 1.82) is 0 Å². The van der Waals surface area contributed by atoms with Crippen molar-refractivity contribution in [3.63, 3.8) is 0 Å². The SMILES string of the molecule is C=N/C(C)=C\C=C(/CC)CCCNSC. The van der Waals surface area contributed by atoms with Crippen LogP contribution in [0.15, 0.2) is 28.4 Å². The van der Waals surface area contributed by atoms with Crippen LogP contribution in [-0.4, -0.2) is 19.5 Å². The van der Waals surface area contributed by atoms with Gasteiger partial charge in [-0.05, 0) is 45.2 Å². The maximum atomic E-state index is 3.86. The zero-order valence-electron chi connectivity index (χ0n) is 10.0. The van der Waals surface area contributed by atoms with E-state index in [2.05, 4.69) is 35.7 Å². The first-order chi connectivity index (χ1) is 7.24. The predicted octanol–water partition coefficient (Wildman–Crippen LogP) is 3.58. The van der Waals surface area contributed by atoms with Gasteiger partial charge in [-0.25, -0.2) is 0 Å². The van der Waals surface area contributed by atoms with Crippen molar-refractivity contribution in [2.75, 3.05) is 12.8 Å². The lowest BCUT2D eigenvalue weighted by atomic mass is 10.1. The van der Waals surface area contributed by atoms with Crippen molar-refractivity contribution in [1.82, 2.24) is 4.72 Å². The van der Waals surface area contributed by atoms with Crippen molar-refractivity contribution in [2.24, 2.45) is 4.99 Å². The van der Waals surface area contributed by atoms with Crippen LogP contribution in [0.3, 0.4) is 0 Å². The van der Waals surface area contributed by atoms with Crippen LogP contribution in [-0.2, 0) is 0 Å². The highest BCUT2D eigenvalue weighted by atomic mass is 32.2. The Labute approximate surface area is 98.1 Å². The Balaban J connectivity index is 3.95. The Hall–Kier alpha value is -0.540. The highest BCUT2D eigenvalue weighted by molar-refractivity contribution is 7.96. The molecule has 0 aromatic carbocycles. The number of hydrogen-bond donors (Lipinski definition) is 1. The van der Waals surface area contributed by atoms with Crippen LogP contribution in [0.5, 0.6) is 0 Å². The first-order valence-corrected chi connectivity index (χ1v) is 6.56. The molecule has 0 heterocycles. The molecule has 0 spiro atoms. The highest BCUT2D eigenvalue weighted by Gasteiger charge is 1.93. The molecule has 0 amide bonds. The summed E-state index contributed by atoms with van der Waals surface area (Å²) in [5.41, 5.74) is 2.45. The van der Waals surface area contributed by atoms with Crippen LogP contribution in [0.1, 0.15) is 33.1 Å². The number of allylic oxidation sites excluding steroid dienone is 4. The molecule has 0 bridgehead atoms. The zero-order chi connectivity index (χ0) is 11.5. The van der Waals surface area contributed by atoms with Gasteiger partial charge in [0.25, 0.3) is 0 Å². The second-order valence-corrected chi connectivity index (χ2v) is 4.04. The summed E-state index contributed by atoms with van der Waals surface area (Å²) >= 11 is 1.68. The molecule has 86 valence electrons. The minimum atomic E-state index is 0.975. The summed E-state index contributed by atoms with van der Waals surface area (Å²) in [6, 6.07) is 0. The Morgan fingerprint density at radius 2 is 2.20 bits per heavy atom. The molecular formula is C12H22N2S. The van der Waals surface area contributed by atoms with E-state index in [0.717, 1.165) is 25.1 Å². The Kier molecular flexibility index (Phi) is 9.63. The van der Waals surface area contributed by atoms with Gasteiger partial charge in [0.2, 0.25) is 0 Å². The van der Waals surface area contributed by atoms with E-state index < -0.39 is 0 Å². The molecule has 0 fully saturated rings. The van der Waals surface area contributed by atoms with E-state index >= 15 is 0 Å². The van der Waals surface area contributed by atoms with E-state index in [9.17, 15) is 0 Å². The van der Waals surface area contributed by atoms with Crippen LogP contribution >= 0.6 is 11.9 Å². The molecule has 15 heavy (non-hydrogen) atoms. The van der Waals surface area contributed by atoms with Crippen molar-refractivity contribution in [3.05, 3.63) is 23.4 Å². The molecule has 0 rings (SSSR count). The summed E-state index contributed by atoms with van der Waals surface area (Å²) < 4.78 is 3.25. The van der Waals surface area contributed by atoms with Gasteiger partial charge in [0.15, 0.2) is 0 Å². The molecule has 0 unspecified atom stereocenters. The van der Waals surface area contributed by atoms with Gasteiger partial charge >= 0.3 is 0 Å². The Morgan fingerprint density at radius 3 is 2.73 bits per heavy atom. The van der Waals surface area contributed by atoms with Crippen molar-refractivity contribution in [2.45, 2.75) is 33.1 Å². The zero-order valence-corrected chi connectivity index (χ0v) is 10.9. The van der Waals surface area contributed by atoms with E-state index in [1.54, 1.807) is 11.9 Å². The van der Waals surface area contributed by atoms with Gasteiger partial charge in [0, 0.05) is 12.2 Å². The average Bonchev–Trinajstić information content (AvgIpc) is 2.27. The highest BCUT2D eigenvalue weighted by Crippen LogP contribution is 2.10. The fraction of sp³-hybridized carbons (Fsp3) is 0.583. The molecule has 0 saturated carbocycles. The van der Waals surface area contributed by atoms with Gasteiger partial charge in [-0.1, -0.05) is 30.5 Å². The maximum absolute atomic E-state index is 3.86. The molecule has 0 aliphatic rings. The fourth-order valence-electron chi connectivity index (χ4n) is 1.16. The third kappa shape index (κ3) is 8.45. The quantitative estimate of drug-likeness (QED) is 0.296. The topological polar surface area (TPSA) is 24.4 Å². The van der Waals surface area contributed by atoms with Crippen molar-refractivity contribution in [3.8, 4) is 0 Å². The number of nitrogens with one attached hydrogen (secondary N) is 1. The first-order valence-electron chi connectivity index (χ1n) is 5.33. The van der Waals surface area contributed by atoms with E-state index in [0.29, 0.717) is 0 Å². The van der Waals surface area contributed by atoms with E-state index in [1.165, 1.54) is 12.0 Å². The summed E-state index contributed by atoms with van der Waals surface area (Å²) in [4.78, 5) is 3.86. The molecule has 0 aromatic rings. The Morgan fingerprint density at radius 1 is 1.47 bits per heavy atom. The molecule has 0 aliphatic heterocycles. The van der Waals surface area contributed by atoms with Gasteiger partial charge in [-0.15, -0.1) is 0 Å². The summed E-state index contributed by atoms with van der Waals surface area (Å²) in [5.74, 6) is 0. The van der Waals surface area contributed by atoms with Gasteiger partial charge in [-0.2, -0.15) is 0 Å². The summed E-state index contributed by atoms with van der Waals surface area (Å²) in [5, 5.41) is 0. The third-order valence-electron chi connectivity index (χ3n) is 2.18. The summed E-state index contributed by atoms with van der Waals surface area (Å²) in [7, 11) is 0. The lowest BCUT2D eigenvalue weighted by Gasteiger charge is -2.03. The number of rotatable bonds is 8. The van der Waals surface area contributed by atoms with Crippen molar-refractivity contribution >= 4 is 18.7 Å². The lowest BCUT2D eigenvalue weighted by molar-refractivity contribution is 0.771. The van der Waals surface area contributed by atoms with Gasteiger partial charge in [0.05, 0.1) is 0 Å². The number of aliphatic imine (C=N–C) groups is 1. The monoisotopic (exact) mass is 226 g/mol. The molecule has 1 N–H and O–H groups in total. The van der Waals surface area contributed by atoms with Gasteiger partial charge in [-0.3, -0.25) is 9.71 Å². The molecular weight excluding hydrogens is 204 g/mol. The smallest absolute Gasteiger partial charge is 0.0365 e. The van der Waals surface area contributed by atoms with Gasteiger partial charge < -0.3 is 0 Å². The molecule has 0 aromatic heterocycles. The molecule has 3 heteroatoms. The van der Waals surface area contributed by atoms with Crippen LogP contribution in [0.4, 0.5) is 0 Å². The third-order valence-corrected chi connectivity index (χ3v) is 2.68. The van der Waals surface area contributed by atoms with E-state index in [-0.39, 0.29) is 0 Å². The second kappa shape index (κ2) is 9.99. The summed E-state index contributed by atoms with van der Waals surface area (Å²) in [6.07, 6.45) is 9.72. The van der Waals surface area contributed by atoms with E-state index in [4.69, 9.17) is 0 Å². The number of hydrogen-bond acceptors (Lipinski definition) is 3. The van der Waals surface area contributed by atoms with Crippen LogP contribution in [0.25, 0.3) is 0 Å². The van der Waals surface area contributed by atoms with Crippen LogP contribution in [0.2, 0.25) is 0 Å². The average molecular weight is 226 g/mol. The second-order valence-electron chi connectivity index (χ2n) is 3.35. The molecule has 2 nitrogen and oxygen atoms in total. The lowest BCUT2D eigenvalue weighted by Crippen LogP contribution is -2.04. The first kappa shape index (κ1) is 14.5. The fourth-order valence-corrected chi connectivity index (χ4v) is 1.51.